The number of likely N-dealkylation sites (N-methyl/N-ethyl adjacent to an activating group) is 1. The Labute approximate surface area is 103 Å². The van der Waals surface area contributed by atoms with Crippen LogP contribution >= 0.6 is 12.4 Å². The fourth-order valence-corrected chi connectivity index (χ4v) is 1.53. The van der Waals surface area contributed by atoms with E-state index in [1.165, 1.54) is 0 Å². The van der Waals surface area contributed by atoms with Gasteiger partial charge in [-0.1, -0.05) is 0 Å². The zero-order valence-corrected chi connectivity index (χ0v) is 10.7. The molecule has 96 valence electrons. The molecular weight excluding hydrogens is 232 g/mol. The van der Waals surface area contributed by atoms with Crippen LogP contribution in [0, 0.1) is 0 Å². The number of hydrogen-bond acceptors (Lipinski definition) is 4. The molecule has 0 saturated carbocycles. The van der Waals surface area contributed by atoms with Crippen LogP contribution < -0.4 is 5.32 Å². The van der Waals surface area contributed by atoms with E-state index in [9.17, 15) is 4.79 Å². The van der Waals surface area contributed by atoms with Gasteiger partial charge in [-0.05, 0) is 6.42 Å². The van der Waals surface area contributed by atoms with Gasteiger partial charge in [0.25, 0.3) is 0 Å². The first-order valence-electron chi connectivity index (χ1n) is 5.28. The summed E-state index contributed by atoms with van der Waals surface area (Å²) in [4.78, 5) is 13.4. The Hall–Kier alpha value is -0.360. The van der Waals surface area contributed by atoms with Gasteiger partial charge < -0.3 is 19.7 Å². The van der Waals surface area contributed by atoms with Crippen LogP contribution in [0.3, 0.4) is 0 Å². The van der Waals surface area contributed by atoms with E-state index in [0.717, 1.165) is 13.0 Å². The zero-order valence-electron chi connectivity index (χ0n) is 9.90. The molecule has 0 spiro atoms. The van der Waals surface area contributed by atoms with Gasteiger partial charge in [0, 0.05) is 27.3 Å². The molecule has 0 aromatic carbocycles. The third-order valence-electron chi connectivity index (χ3n) is 2.61. The van der Waals surface area contributed by atoms with E-state index < -0.39 is 0 Å². The quantitative estimate of drug-likeness (QED) is 0.671. The van der Waals surface area contributed by atoms with Crippen molar-refractivity contribution in [2.45, 2.75) is 12.5 Å². The van der Waals surface area contributed by atoms with Crippen LogP contribution in [0.4, 0.5) is 0 Å². The molecule has 1 fully saturated rings. The second-order valence-corrected chi connectivity index (χ2v) is 3.69. The minimum atomic E-state index is 0. The highest BCUT2D eigenvalue weighted by Crippen LogP contribution is 2.10. The molecule has 1 aliphatic rings. The van der Waals surface area contributed by atoms with Crippen molar-refractivity contribution < 1.29 is 14.3 Å². The molecule has 0 radical (unpaired) electrons. The summed E-state index contributed by atoms with van der Waals surface area (Å²) in [5.74, 6) is 0.113. The Bertz CT molecular complexity index is 199. The van der Waals surface area contributed by atoms with Gasteiger partial charge in [-0.2, -0.15) is 0 Å². The number of nitrogens with one attached hydrogen (secondary N) is 1. The van der Waals surface area contributed by atoms with Gasteiger partial charge in [0.15, 0.2) is 0 Å². The van der Waals surface area contributed by atoms with E-state index >= 15 is 0 Å². The Balaban J connectivity index is 0.00000225. The first-order valence-corrected chi connectivity index (χ1v) is 5.28. The molecule has 1 amide bonds. The highest BCUT2D eigenvalue weighted by Gasteiger charge is 2.23. The Kier molecular flexibility index (Phi) is 8.56. The van der Waals surface area contributed by atoms with E-state index in [-0.39, 0.29) is 24.4 Å². The monoisotopic (exact) mass is 252 g/mol. The third-order valence-corrected chi connectivity index (χ3v) is 2.61. The minimum Gasteiger partial charge on any atom is -0.383 e. The summed E-state index contributed by atoms with van der Waals surface area (Å²) in [7, 11) is 3.48. The van der Waals surface area contributed by atoms with Gasteiger partial charge in [-0.3, -0.25) is 4.79 Å². The average molecular weight is 253 g/mol. The highest BCUT2D eigenvalue weighted by molar-refractivity contribution is 5.85. The summed E-state index contributed by atoms with van der Waals surface area (Å²) in [5.41, 5.74) is 0. The molecule has 5 nitrogen and oxygen atoms in total. The van der Waals surface area contributed by atoms with E-state index in [4.69, 9.17) is 9.47 Å². The number of hydrogen-bond donors (Lipinski definition) is 1. The molecule has 1 heterocycles. The summed E-state index contributed by atoms with van der Waals surface area (Å²) < 4.78 is 10.1. The smallest absolute Gasteiger partial charge is 0.236 e. The van der Waals surface area contributed by atoms with Crippen LogP contribution in [-0.2, 0) is 14.3 Å². The SMILES string of the molecule is COCCNCC(=O)N(C)C1CCOC1.Cl. The lowest BCUT2D eigenvalue weighted by molar-refractivity contribution is -0.131. The van der Waals surface area contributed by atoms with Gasteiger partial charge in [-0.25, -0.2) is 0 Å². The Morgan fingerprint density at radius 1 is 1.62 bits per heavy atom. The van der Waals surface area contributed by atoms with Crippen LogP contribution in [0.15, 0.2) is 0 Å². The summed E-state index contributed by atoms with van der Waals surface area (Å²) in [6.07, 6.45) is 0.945. The second-order valence-electron chi connectivity index (χ2n) is 3.69. The molecule has 0 aromatic heterocycles. The number of carbonyl (C=O) groups is 1. The maximum Gasteiger partial charge on any atom is 0.236 e. The third kappa shape index (κ3) is 5.12. The maximum atomic E-state index is 11.7. The Morgan fingerprint density at radius 2 is 2.38 bits per heavy atom. The number of rotatable bonds is 6. The second kappa shape index (κ2) is 8.75. The largest absolute Gasteiger partial charge is 0.383 e. The van der Waals surface area contributed by atoms with Crippen molar-refractivity contribution in [2.75, 3.05) is 47.1 Å². The van der Waals surface area contributed by atoms with Crippen LogP contribution in [0.5, 0.6) is 0 Å². The number of halogens is 1. The molecule has 0 aromatic rings. The topological polar surface area (TPSA) is 50.8 Å². The maximum absolute atomic E-state index is 11.7. The lowest BCUT2D eigenvalue weighted by Crippen LogP contribution is -2.42. The number of methoxy groups -OCH3 is 1. The van der Waals surface area contributed by atoms with Crippen molar-refractivity contribution in [1.82, 2.24) is 10.2 Å². The van der Waals surface area contributed by atoms with Gasteiger partial charge in [-0.15, -0.1) is 12.4 Å². The summed E-state index contributed by atoms with van der Waals surface area (Å²) in [6, 6.07) is 0.252. The lowest BCUT2D eigenvalue weighted by Gasteiger charge is -2.23. The molecule has 1 saturated heterocycles. The van der Waals surface area contributed by atoms with Crippen molar-refractivity contribution in [3.05, 3.63) is 0 Å². The number of carbonyl (C=O) groups excluding carboxylic acids is 1. The lowest BCUT2D eigenvalue weighted by atomic mass is 10.2. The van der Waals surface area contributed by atoms with E-state index in [0.29, 0.717) is 26.3 Å². The van der Waals surface area contributed by atoms with Crippen molar-refractivity contribution in [3.63, 3.8) is 0 Å². The van der Waals surface area contributed by atoms with E-state index in [1.54, 1.807) is 12.0 Å². The van der Waals surface area contributed by atoms with Crippen LogP contribution in [0.2, 0.25) is 0 Å². The standard InChI is InChI=1S/C10H20N2O3.ClH/c1-12(9-3-5-15-8-9)10(13)7-11-4-6-14-2;/h9,11H,3-8H2,1-2H3;1H. The van der Waals surface area contributed by atoms with E-state index in [1.807, 2.05) is 7.05 Å². The molecule has 6 heteroatoms. The number of amides is 1. The predicted molar refractivity (Wildman–Crippen MR) is 64.0 cm³/mol. The van der Waals surface area contributed by atoms with Crippen molar-refractivity contribution >= 4 is 18.3 Å². The number of ether oxygens (including phenoxy) is 2. The molecule has 0 bridgehead atoms. The molecule has 1 aliphatic heterocycles. The predicted octanol–water partition coefficient (Wildman–Crippen LogP) is -0.108. The highest BCUT2D eigenvalue weighted by atomic mass is 35.5. The summed E-state index contributed by atoms with van der Waals surface area (Å²) in [6.45, 7) is 3.14. The Morgan fingerprint density at radius 3 is 2.94 bits per heavy atom. The molecule has 1 unspecified atom stereocenters. The van der Waals surface area contributed by atoms with Gasteiger partial charge in [0.05, 0.1) is 25.8 Å². The van der Waals surface area contributed by atoms with Gasteiger partial charge in [0.1, 0.15) is 0 Å². The summed E-state index contributed by atoms with van der Waals surface area (Å²) in [5, 5.41) is 3.03. The van der Waals surface area contributed by atoms with Gasteiger partial charge >= 0.3 is 0 Å². The fourth-order valence-electron chi connectivity index (χ4n) is 1.53. The zero-order chi connectivity index (χ0) is 11.1. The van der Waals surface area contributed by atoms with Gasteiger partial charge in [0.2, 0.25) is 5.91 Å². The van der Waals surface area contributed by atoms with Crippen molar-refractivity contribution in [1.29, 1.82) is 0 Å². The van der Waals surface area contributed by atoms with Crippen LogP contribution in [0.25, 0.3) is 0 Å². The van der Waals surface area contributed by atoms with E-state index in [2.05, 4.69) is 5.32 Å². The first-order chi connectivity index (χ1) is 7.25. The normalized spacial score (nSPS) is 19.2. The minimum absolute atomic E-state index is 0. The average Bonchev–Trinajstić information content (AvgIpc) is 2.76. The molecule has 1 rings (SSSR count). The van der Waals surface area contributed by atoms with Crippen LogP contribution in [0.1, 0.15) is 6.42 Å². The molecular formula is C10H21ClN2O3. The van der Waals surface area contributed by atoms with Crippen molar-refractivity contribution in [3.8, 4) is 0 Å². The fraction of sp³-hybridized carbons (Fsp3) is 0.900. The number of nitrogens with zero attached hydrogens (tertiary/aromatic N) is 1. The van der Waals surface area contributed by atoms with Crippen molar-refractivity contribution in [2.24, 2.45) is 0 Å². The summed E-state index contributed by atoms with van der Waals surface area (Å²) >= 11 is 0. The first kappa shape index (κ1) is 15.6. The molecule has 16 heavy (non-hydrogen) atoms. The molecule has 0 aliphatic carbocycles. The molecule has 1 atom stereocenters. The van der Waals surface area contributed by atoms with Crippen LogP contribution in [-0.4, -0.2) is 63.9 Å². The molecule has 1 N–H and O–H groups in total.